The smallest absolute Gasteiger partial charge is 0.337 e. The zero-order valence-corrected chi connectivity index (χ0v) is 18.5. The van der Waals surface area contributed by atoms with E-state index in [0.29, 0.717) is 5.92 Å². The zero-order valence-electron chi connectivity index (χ0n) is 18.5. The summed E-state index contributed by atoms with van der Waals surface area (Å²) in [6, 6.07) is 10.2. The molecular formula is C24H34N2O2. The molecule has 2 aromatic rings. The summed E-state index contributed by atoms with van der Waals surface area (Å²) in [6.45, 7) is 18.5. The minimum atomic E-state index is -0.959. The van der Waals surface area contributed by atoms with Crippen molar-refractivity contribution in [3.8, 4) is 0 Å². The lowest BCUT2D eigenvalue weighted by Gasteiger charge is -2.31. The van der Waals surface area contributed by atoms with Gasteiger partial charge in [-0.05, 0) is 52.1 Å². The molecule has 0 spiro atoms. The van der Waals surface area contributed by atoms with E-state index in [-0.39, 0.29) is 16.4 Å². The van der Waals surface area contributed by atoms with E-state index in [9.17, 15) is 9.90 Å². The molecule has 0 fully saturated rings. The number of nitrogens with zero attached hydrogens (tertiary/aromatic N) is 2. The lowest BCUT2D eigenvalue weighted by Crippen LogP contribution is -2.25. The minimum Gasteiger partial charge on any atom is -0.478 e. The van der Waals surface area contributed by atoms with Crippen LogP contribution in [0.25, 0.3) is 0 Å². The predicted molar refractivity (Wildman–Crippen MR) is 117 cm³/mol. The Balaban J connectivity index is 2.63. The Morgan fingerprint density at radius 3 is 1.89 bits per heavy atom. The van der Waals surface area contributed by atoms with Gasteiger partial charge in [-0.25, -0.2) is 9.78 Å². The molecule has 0 unspecified atom stereocenters. The van der Waals surface area contributed by atoms with Gasteiger partial charge in [-0.15, -0.1) is 0 Å². The second-order valence-electron chi connectivity index (χ2n) is 9.98. The topological polar surface area (TPSA) is 53.4 Å². The van der Waals surface area contributed by atoms with Gasteiger partial charge in [-0.2, -0.15) is 0 Å². The van der Waals surface area contributed by atoms with Crippen LogP contribution in [0.5, 0.6) is 0 Å². The molecule has 1 aromatic heterocycles. The molecular weight excluding hydrogens is 348 g/mol. The van der Waals surface area contributed by atoms with Gasteiger partial charge < -0.3 is 10.0 Å². The third-order valence-corrected chi connectivity index (χ3v) is 4.78. The first-order chi connectivity index (χ1) is 12.8. The summed E-state index contributed by atoms with van der Waals surface area (Å²) in [4.78, 5) is 17.8. The molecule has 1 N–H and O–H groups in total. The average Bonchev–Trinajstić information content (AvgIpc) is 2.57. The van der Waals surface area contributed by atoms with Crippen molar-refractivity contribution in [3.05, 3.63) is 53.2 Å². The fraction of sp³-hybridized carbons (Fsp3) is 0.500. The van der Waals surface area contributed by atoms with E-state index in [2.05, 4.69) is 83.5 Å². The Morgan fingerprint density at radius 1 is 1.00 bits per heavy atom. The maximum atomic E-state index is 11.2. The number of hydrogen-bond acceptors (Lipinski definition) is 3. The van der Waals surface area contributed by atoms with Crippen LogP contribution in [-0.2, 0) is 10.8 Å². The highest BCUT2D eigenvalue weighted by atomic mass is 16.4. The molecule has 0 radical (unpaired) electrons. The quantitative estimate of drug-likeness (QED) is 0.672. The van der Waals surface area contributed by atoms with Crippen LogP contribution in [0.2, 0.25) is 0 Å². The number of aromatic nitrogens is 1. The number of benzene rings is 1. The van der Waals surface area contributed by atoms with Gasteiger partial charge in [0.15, 0.2) is 0 Å². The van der Waals surface area contributed by atoms with E-state index < -0.39 is 5.97 Å². The van der Waals surface area contributed by atoms with Crippen molar-refractivity contribution in [2.45, 2.75) is 66.2 Å². The fourth-order valence-electron chi connectivity index (χ4n) is 3.00. The highest BCUT2D eigenvalue weighted by molar-refractivity contribution is 5.87. The van der Waals surface area contributed by atoms with Gasteiger partial charge in [-0.1, -0.05) is 61.5 Å². The van der Waals surface area contributed by atoms with Crippen LogP contribution in [0.1, 0.15) is 76.9 Å². The molecule has 0 amide bonds. The second-order valence-corrected chi connectivity index (χ2v) is 9.98. The van der Waals surface area contributed by atoms with Crippen molar-refractivity contribution in [2.75, 3.05) is 11.4 Å². The summed E-state index contributed by atoms with van der Waals surface area (Å²) in [5, 5.41) is 9.18. The normalized spacial score (nSPS) is 12.3. The van der Waals surface area contributed by atoms with E-state index in [1.807, 2.05) is 0 Å². The largest absolute Gasteiger partial charge is 0.478 e. The van der Waals surface area contributed by atoms with Crippen molar-refractivity contribution in [2.24, 2.45) is 5.92 Å². The summed E-state index contributed by atoms with van der Waals surface area (Å²) < 4.78 is 0. The van der Waals surface area contributed by atoms with Crippen molar-refractivity contribution in [3.63, 3.8) is 0 Å². The Labute approximate surface area is 169 Å². The average molecular weight is 383 g/mol. The molecule has 4 nitrogen and oxygen atoms in total. The summed E-state index contributed by atoms with van der Waals surface area (Å²) in [5.41, 5.74) is 3.92. The molecule has 0 aliphatic rings. The van der Waals surface area contributed by atoms with Gasteiger partial charge in [0, 0.05) is 18.4 Å². The molecule has 0 saturated heterocycles. The van der Waals surface area contributed by atoms with Crippen LogP contribution >= 0.6 is 0 Å². The number of hydrogen-bond donors (Lipinski definition) is 1. The second kappa shape index (κ2) is 7.94. The monoisotopic (exact) mass is 382 g/mol. The molecule has 0 saturated carbocycles. The Bertz CT molecular complexity index is 793. The zero-order chi connectivity index (χ0) is 21.3. The molecule has 0 aliphatic heterocycles. The first-order valence-electron chi connectivity index (χ1n) is 9.92. The van der Waals surface area contributed by atoms with Crippen molar-refractivity contribution >= 4 is 17.5 Å². The van der Waals surface area contributed by atoms with Crippen LogP contribution in [0, 0.1) is 5.92 Å². The van der Waals surface area contributed by atoms with Gasteiger partial charge in [0.1, 0.15) is 5.82 Å². The van der Waals surface area contributed by atoms with Crippen LogP contribution < -0.4 is 4.90 Å². The molecule has 28 heavy (non-hydrogen) atoms. The first-order valence-corrected chi connectivity index (χ1v) is 9.92. The molecule has 0 bridgehead atoms. The van der Waals surface area contributed by atoms with Crippen molar-refractivity contribution in [1.29, 1.82) is 0 Å². The fourth-order valence-corrected chi connectivity index (χ4v) is 3.00. The molecule has 2 rings (SSSR count). The van der Waals surface area contributed by atoms with Gasteiger partial charge in [0.2, 0.25) is 0 Å². The first kappa shape index (κ1) is 21.9. The minimum absolute atomic E-state index is 0.0279. The lowest BCUT2D eigenvalue weighted by molar-refractivity contribution is 0.0696. The Morgan fingerprint density at radius 2 is 1.54 bits per heavy atom. The molecule has 0 aliphatic carbocycles. The van der Waals surface area contributed by atoms with E-state index in [0.717, 1.165) is 18.1 Å². The highest BCUT2D eigenvalue weighted by Crippen LogP contribution is 2.35. The third-order valence-electron chi connectivity index (χ3n) is 4.78. The van der Waals surface area contributed by atoms with E-state index in [1.54, 1.807) is 12.1 Å². The molecule has 1 aromatic carbocycles. The number of carboxylic acid groups (broad SMARTS) is 1. The van der Waals surface area contributed by atoms with E-state index in [1.165, 1.54) is 17.3 Å². The SMILES string of the molecule is CC(C)CN(c1cc(C(C)(C)C)cc(C(C)(C)C)c1)c1ccc(C(=O)O)cn1. The lowest BCUT2D eigenvalue weighted by atomic mass is 9.80. The number of rotatable bonds is 5. The summed E-state index contributed by atoms with van der Waals surface area (Å²) in [7, 11) is 0. The molecule has 152 valence electrons. The summed E-state index contributed by atoms with van der Waals surface area (Å²) in [5.74, 6) is 0.237. The standard InChI is InChI=1S/C24H34N2O2/c1-16(2)15-26(21-10-9-17(14-25-21)22(27)28)20-12-18(23(3,4)5)11-19(13-20)24(6,7)8/h9-14,16H,15H2,1-8H3,(H,27,28). The number of carboxylic acids is 1. The summed E-state index contributed by atoms with van der Waals surface area (Å²) >= 11 is 0. The van der Waals surface area contributed by atoms with Crippen LogP contribution in [0.4, 0.5) is 11.5 Å². The van der Waals surface area contributed by atoms with E-state index >= 15 is 0 Å². The predicted octanol–water partition coefficient (Wildman–Crippen LogP) is 6.17. The van der Waals surface area contributed by atoms with Gasteiger partial charge in [0.05, 0.1) is 5.56 Å². The molecule has 4 heteroatoms. The maximum absolute atomic E-state index is 11.2. The van der Waals surface area contributed by atoms with Gasteiger partial charge >= 0.3 is 5.97 Å². The number of carbonyl (C=O) groups is 1. The van der Waals surface area contributed by atoms with E-state index in [4.69, 9.17) is 0 Å². The number of aromatic carboxylic acids is 1. The molecule has 1 heterocycles. The Kier molecular flexibility index (Phi) is 6.22. The van der Waals surface area contributed by atoms with Gasteiger partial charge in [-0.3, -0.25) is 0 Å². The third kappa shape index (κ3) is 5.34. The van der Waals surface area contributed by atoms with Crippen molar-refractivity contribution in [1.82, 2.24) is 4.98 Å². The maximum Gasteiger partial charge on any atom is 0.337 e. The summed E-state index contributed by atoms with van der Waals surface area (Å²) in [6.07, 6.45) is 1.43. The van der Waals surface area contributed by atoms with Crippen LogP contribution in [0.15, 0.2) is 36.5 Å². The number of pyridine rings is 1. The number of anilines is 2. The van der Waals surface area contributed by atoms with Crippen molar-refractivity contribution < 1.29 is 9.90 Å². The van der Waals surface area contributed by atoms with Gasteiger partial charge in [0.25, 0.3) is 0 Å². The highest BCUT2D eigenvalue weighted by Gasteiger charge is 2.23. The molecule has 0 atom stereocenters. The van der Waals surface area contributed by atoms with Crippen LogP contribution in [0.3, 0.4) is 0 Å². The Hall–Kier alpha value is -2.36. The van der Waals surface area contributed by atoms with Crippen LogP contribution in [-0.4, -0.2) is 22.6 Å².